The second-order valence-corrected chi connectivity index (χ2v) is 7.50. The van der Waals surface area contributed by atoms with Crippen LogP contribution in [-0.2, 0) is 15.0 Å². The Morgan fingerprint density at radius 3 is 1.89 bits per heavy atom. The van der Waals surface area contributed by atoms with Gasteiger partial charge in [-0.1, -0.05) is 0 Å². The number of rotatable bonds is 6. The number of carboxylic acids is 1. The van der Waals surface area contributed by atoms with Crippen LogP contribution in [0.2, 0.25) is 0 Å². The largest absolute Gasteiger partial charge is 0.481 e. The molecule has 0 saturated heterocycles. The summed E-state index contributed by atoms with van der Waals surface area (Å²) in [5.74, 6) is -1.05. The molecule has 0 unspecified atom stereocenters. The van der Waals surface area contributed by atoms with Gasteiger partial charge < -0.3 is 5.11 Å². The molecular weight excluding hydrogens is 256 g/mol. The van der Waals surface area contributed by atoms with E-state index in [0.717, 1.165) is 0 Å². The van der Waals surface area contributed by atoms with Gasteiger partial charge in [0.05, 0.1) is 5.41 Å². The Bertz CT molecular complexity index is 413. The lowest BCUT2D eigenvalue weighted by Gasteiger charge is -2.39. The molecule has 6 nitrogen and oxygen atoms in total. The van der Waals surface area contributed by atoms with E-state index in [1.807, 2.05) is 0 Å². The lowest BCUT2D eigenvalue weighted by atomic mass is 9.75. The number of carboxylic acid groups (broad SMARTS) is 1. The minimum atomic E-state index is -3.71. The molecule has 0 amide bonds. The standard InChI is InChI=1S/C11H24N2O4S/c1-8(2)13(7)18(16,17)12-11(5,6)10(3,4)9(14)15/h8,12H,1-7H3,(H,14,15). The Morgan fingerprint density at radius 2 is 1.61 bits per heavy atom. The third-order valence-corrected chi connectivity index (χ3v) is 5.54. The molecule has 0 radical (unpaired) electrons. The maximum atomic E-state index is 12.1. The van der Waals surface area contributed by atoms with E-state index in [1.165, 1.54) is 25.2 Å². The van der Waals surface area contributed by atoms with E-state index in [2.05, 4.69) is 4.72 Å². The lowest BCUT2D eigenvalue weighted by Crippen LogP contribution is -2.59. The molecule has 7 heteroatoms. The average molecular weight is 280 g/mol. The number of carbonyl (C=O) groups is 1. The SMILES string of the molecule is CC(C)N(C)S(=O)(=O)NC(C)(C)C(C)(C)C(=O)O. The lowest BCUT2D eigenvalue weighted by molar-refractivity contribution is -0.150. The summed E-state index contributed by atoms with van der Waals surface area (Å²) < 4.78 is 27.8. The van der Waals surface area contributed by atoms with E-state index in [-0.39, 0.29) is 6.04 Å². The van der Waals surface area contributed by atoms with E-state index in [4.69, 9.17) is 0 Å². The van der Waals surface area contributed by atoms with Gasteiger partial charge in [-0.25, -0.2) is 0 Å². The fourth-order valence-electron chi connectivity index (χ4n) is 1.07. The highest BCUT2D eigenvalue weighted by Gasteiger charge is 2.46. The van der Waals surface area contributed by atoms with Crippen molar-refractivity contribution < 1.29 is 18.3 Å². The first kappa shape index (κ1) is 17.3. The molecular formula is C11H24N2O4S. The topological polar surface area (TPSA) is 86.7 Å². The molecule has 2 N–H and O–H groups in total. The molecule has 108 valence electrons. The van der Waals surface area contributed by atoms with Gasteiger partial charge in [-0.3, -0.25) is 4.79 Å². The molecule has 0 fully saturated rings. The smallest absolute Gasteiger partial charge is 0.310 e. The van der Waals surface area contributed by atoms with Gasteiger partial charge in [0.1, 0.15) is 0 Å². The van der Waals surface area contributed by atoms with Crippen LogP contribution < -0.4 is 4.72 Å². The Kier molecular flexibility index (Phi) is 4.96. The van der Waals surface area contributed by atoms with Crippen molar-refractivity contribution in [2.45, 2.75) is 53.1 Å². The molecule has 0 aromatic heterocycles. The first-order valence-electron chi connectivity index (χ1n) is 5.76. The fraction of sp³-hybridized carbons (Fsp3) is 0.909. The number of hydrogen-bond acceptors (Lipinski definition) is 3. The first-order valence-corrected chi connectivity index (χ1v) is 7.20. The van der Waals surface area contributed by atoms with Crippen molar-refractivity contribution in [1.82, 2.24) is 9.03 Å². The van der Waals surface area contributed by atoms with E-state index in [1.54, 1.807) is 27.7 Å². The van der Waals surface area contributed by atoms with Gasteiger partial charge in [-0.05, 0) is 41.5 Å². The summed E-state index contributed by atoms with van der Waals surface area (Å²) >= 11 is 0. The highest BCUT2D eigenvalue weighted by atomic mass is 32.2. The Balaban J connectivity index is 5.28. The van der Waals surface area contributed by atoms with Crippen LogP contribution in [0.25, 0.3) is 0 Å². The van der Waals surface area contributed by atoms with Crippen LogP contribution in [0.4, 0.5) is 0 Å². The van der Waals surface area contributed by atoms with Gasteiger partial charge >= 0.3 is 5.97 Å². The molecule has 0 aliphatic carbocycles. The van der Waals surface area contributed by atoms with Crippen molar-refractivity contribution in [3.05, 3.63) is 0 Å². The van der Waals surface area contributed by atoms with Crippen molar-refractivity contribution in [2.24, 2.45) is 5.41 Å². The fourth-order valence-corrected chi connectivity index (χ4v) is 2.67. The quantitative estimate of drug-likeness (QED) is 0.761. The summed E-state index contributed by atoms with van der Waals surface area (Å²) in [7, 11) is -2.26. The molecule has 0 spiro atoms. The number of nitrogens with one attached hydrogen (secondary N) is 1. The minimum Gasteiger partial charge on any atom is -0.481 e. The summed E-state index contributed by atoms with van der Waals surface area (Å²) in [5.41, 5.74) is -2.33. The van der Waals surface area contributed by atoms with Crippen LogP contribution in [0.15, 0.2) is 0 Å². The van der Waals surface area contributed by atoms with E-state index in [0.29, 0.717) is 0 Å². The van der Waals surface area contributed by atoms with Gasteiger partial charge in [-0.2, -0.15) is 17.4 Å². The van der Waals surface area contributed by atoms with Crippen molar-refractivity contribution in [1.29, 1.82) is 0 Å². The Labute approximate surface area is 110 Å². The van der Waals surface area contributed by atoms with Crippen molar-refractivity contribution >= 4 is 16.2 Å². The van der Waals surface area contributed by atoms with Crippen molar-refractivity contribution in [2.75, 3.05) is 7.05 Å². The maximum Gasteiger partial charge on any atom is 0.310 e. The molecule has 0 aliphatic rings. The zero-order valence-electron chi connectivity index (χ0n) is 12.1. The van der Waals surface area contributed by atoms with Gasteiger partial charge in [0.2, 0.25) is 0 Å². The van der Waals surface area contributed by atoms with E-state index < -0.39 is 27.1 Å². The van der Waals surface area contributed by atoms with E-state index >= 15 is 0 Å². The molecule has 0 rings (SSSR count). The van der Waals surface area contributed by atoms with Crippen LogP contribution in [-0.4, -0.2) is 42.4 Å². The highest BCUT2D eigenvalue weighted by molar-refractivity contribution is 7.87. The van der Waals surface area contributed by atoms with Gasteiger partial charge in [0, 0.05) is 18.6 Å². The molecule has 0 aromatic carbocycles. The van der Waals surface area contributed by atoms with Crippen LogP contribution in [0.3, 0.4) is 0 Å². The second kappa shape index (κ2) is 5.14. The molecule has 0 bridgehead atoms. The number of aliphatic carboxylic acids is 1. The summed E-state index contributed by atoms with van der Waals surface area (Å²) in [4.78, 5) is 11.2. The summed E-state index contributed by atoms with van der Waals surface area (Å²) in [6.07, 6.45) is 0. The average Bonchev–Trinajstić information content (AvgIpc) is 2.13. The monoisotopic (exact) mass is 280 g/mol. The van der Waals surface area contributed by atoms with E-state index in [9.17, 15) is 18.3 Å². The third-order valence-electron chi connectivity index (χ3n) is 3.59. The Morgan fingerprint density at radius 1 is 1.22 bits per heavy atom. The van der Waals surface area contributed by atoms with Crippen molar-refractivity contribution in [3.63, 3.8) is 0 Å². The normalized spacial score (nSPS) is 14.3. The zero-order valence-corrected chi connectivity index (χ0v) is 12.9. The predicted molar refractivity (Wildman–Crippen MR) is 70.5 cm³/mol. The minimum absolute atomic E-state index is 0.203. The zero-order chi connectivity index (χ0) is 14.9. The van der Waals surface area contributed by atoms with Crippen LogP contribution in [0, 0.1) is 5.41 Å². The molecule has 0 aliphatic heterocycles. The highest BCUT2D eigenvalue weighted by Crippen LogP contribution is 2.31. The van der Waals surface area contributed by atoms with Crippen molar-refractivity contribution in [3.8, 4) is 0 Å². The number of nitrogens with zero attached hydrogens (tertiary/aromatic N) is 1. The molecule has 0 aromatic rings. The predicted octanol–water partition coefficient (Wildman–Crippen LogP) is 1.05. The Hall–Kier alpha value is -0.660. The summed E-state index contributed by atoms with van der Waals surface area (Å²) in [6.45, 7) is 9.60. The molecule has 18 heavy (non-hydrogen) atoms. The molecule has 0 saturated carbocycles. The second-order valence-electron chi connectivity index (χ2n) is 5.77. The van der Waals surface area contributed by atoms with Gasteiger partial charge in [-0.15, -0.1) is 0 Å². The van der Waals surface area contributed by atoms with Crippen LogP contribution in [0.5, 0.6) is 0 Å². The first-order chi connectivity index (χ1) is 7.75. The van der Waals surface area contributed by atoms with Crippen LogP contribution in [0.1, 0.15) is 41.5 Å². The molecule has 0 heterocycles. The molecule has 0 atom stereocenters. The third kappa shape index (κ3) is 3.43. The number of hydrogen-bond donors (Lipinski definition) is 2. The summed E-state index contributed by atoms with van der Waals surface area (Å²) in [5, 5.41) is 9.17. The maximum absolute atomic E-state index is 12.1. The van der Waals surface area contributed by atoms with Crippen LogP contribution >= 0.6 is 0 Å². The van der Waals surface area contributed by atoms with Gasteiger partial charge in [0.25, 0.3) is 10.2 Å². The summed E-state index contributed by atoms with van der Waals surface area (Å²) in [6, 6.07) is -0.203. The van der Waals surface area contributed by atoms with Gasteiger partial charge in [0.15, 0.2) is 0 Å².